The zero-order chi connectivity index (χ0) is 53.2. The molecule has 3 heterocycles. The van der Waals surface area contributed by atoms with Crippen LogP contribution < -0.4 is 31.8 Å². The summed E-state index contributed by atoms with van der Waals surface area (Å²) in [7, 11) is -9.04. The first kappa shape index (κ1) is 48.0. The van der Waals surface area contributed by atoms with Gasteiger partial charge in [0.05, 0.1) is 22.1 Å². The van der Waals surface area contributed by atoms with E-state index in [9.17, 15) is 4.32 Å². The van der Waals surface area contributed by atoms with E-state index in [2.05, 4.69) is 130 Å². The minimum absolute atomic E-state index is 0.697. The molecule has 77 heavy (non-hydrogen) atoms. The first-order valence-corrected chi connectivity index (χ1v) is 29.4. The Balaban J connectivity index is 0.000000147. The molecule has 0 amide bonds. The Kier molecular flexibility index (Phi) is 13.2. The Bertz CT molecular complexity index is 4120. The van der Waals surface area contributed by atoms with Crippen molar-refractivity contribution in [1.29, 1.82) is 1.34 Å². The van der Waals surface area contributed by atoms with Crippen LogP contribution in [-0.2, 0) is 13.7 Å². The average molecular weight is 1060 g/mol. The van der Waals surface area contributed by atoms with Crippen LogP contribution in [0.2, 0.25) is 0 Å². The van der Waals surface area contributed by atoms with Gasteiger partial charge in [0.1, 0.15) is 19.5 Å². The lowest BCUT2D eigenvalue weighted by atomic mass is 10.1. The molecule has 0 aliphatic heterocycles. The van der Waals surface area contributed by atoms with Crippen LogP contribution in [0.15, 0.2) is 283 Å². The largest absolute Gasteiger partial charge is 0.456 e. The number of aromatic nitrogens is 2. The van der Waals surface area contributed by atoms with Crippen molar-refractivity contribution >= 4 is 127 Å². The first-order chi connectivity index (χ1) is 38.2. The molecule has 0 N–H and O–H groups in total. The van der Waals surface area contributed by atoms with E-state index in [0.29, 0.717) is 11.2 Å². The molecule has 0 fully saturated rings. The van der Waals surface area contributed by atoms with Gasteiger partial charge in [0.2, 0.25) is 0 Å². The molecule has 0 bridgehead atoms. The van der Waals surface area contributed by atoms with E-state index >= 15 is 9.13 Å². The number of hydrogen-bond acceptors (Lipinski definition) is 4. The van der Waals surface area contributed by atoms with Gasteiger partial charge in [-0.1, -0.05) is 200 Å². The highest BCUT2D eigenvalue weighted by Crippen LogP contribution is 2.46. The summed E-state index contributed by atoms with van der Waals surface area (Å²) in [5.41, 5.74) is 8.65. The summed E-state index contributed by atoms with van der Waals surface area (Å²) in [6.45, 7) is 0. The molecular formula is C66H47BFN2O4P3. The lowest BCUT2D eigenvalue weighted by Crippen LogP contribution is -2.25. The van der Waals surface area contributed by atoms with Crippen molar-refractivity contribution in [3.8, 4) is 11.4 Å². The van der Waals surface area contributed by atoms with Crippen molar-refractivity contribution in [2.45, 2.75) is 0 Å². The topological polar surface area (TPSA) is 74.2 Å². The van der Waals surface area contributed by atoms with E-state index in [4.69, 9.17) is 10.3 Å². The van der Waals surface area contributed by atoms with Gasteiger partial charge in [-0.05, 0) is 78.9 Å². The second-order valence-corrected chi connectivity index (χ2v) is 24.4. The fraction of sp³-hybridized carbons (Fsp3) is 0. The molecule has 0 aliphatic rings. The van der Waals surface area contributed by atoms with Gasteiger partial charge >= 0.3 is 7.24 Å². The van der Waals surface area contributed by atoms with Crippen LogP contribution in [0.4, 0.5) is 4.32 Å². The maximum Gasteiger partial charge on any atom is 0.436 e. The molecular weight excluding hydrogens is 1010 g/mol. The quantitative estimate of drug-likeness (QED) is 0.107. The fourth-order valence-corrected chi connectivity index (χ4v) is 16.1. The van der Waals surface area contributed by atoms with E-state index in [0.717, 1.165) is 42.6 Å². The number of rotatable bonds is 9. The lowest BCUT2D eigenvalue weighted by molar-refractivity contribution is 0.591. The third kappa shape index (κ3) is 8.85. The van der Waals surface area contributed by atoms with E-state index in [1.807, 2.05) is 158 Å². The Morgan fingerprint density at radius 1 is 0.351 bits per heavy atom. The molecule has 0 aliphatic carbocycles. The second-order valence-electron chi connectivity index (χ2n) is 18.5. The molecule has 11 heteroatoms. The highest BCUT2D eigenvalue weighted by atomic mass is 31.2. The Morgan fingerprint density at radius 2 is 0.636 bits per heavy atom. The number of nitrogens with zero attached hydrogens (tertiary/aromatic N) is 2. The van der Waals surface area contributed by atoms with Gasteiger partial charge in [-0.2, -0.15) is 0 Å². The molecule has 3 aromatic heterocycles. The molecule has 0 atom stereocenters. The molecule has 0 saturated heterocycles. The summed E-state index contributed by atoms with van der Waals surface area (Å²) in [4.78, 5) is 0. The highest BCUT2D eigenvalue weighted by Gasteiger charge is 2.32. The molecule has 6 nitrogen and oxygen atoms in total. The SMILES string of the molecule is O=P(c1ccccc1)(c1ccccc1)c1ccc2oc3ccc(P(=O)(c4ccccc4)c4ccccc4)cc3c2c1.[2H]B(F)P=O.c1cc(-n2c3ccccc3c3ccccc32)cc(-n2c3ccccc3c3ccccc32)c1. The maximum absolute atomic E-state index is 15.0. The predicted octanol–water partition coefficient (Wildman–Crippen LogP) is 15.3. The van der Waals surface area contributed by atoms with Crippen LogP contribution >= 0.6 is 22.6 Å². The summed E-state index contributed by atoms with van der Waals surface area (Å²) in [6, 6.07) is 93.7. The van der Waals surface area contributed by atoms with Crippen LogP contribution in [-0.4, -0.2) is 17.7 Å². The number of halogens is 1. The summed E-state index contributed by atoms with van der Waals surface area (Å²) in [5.74, 6) is 0. The molecule has 370 valence electrons. The van der Waals surface area contributed by atoms with Crippen LogP contribution in [0.1, 0.15) is 0 Å². The van der Waals surface area contributed by atoms with Crippen molar-refractivity contribution in [2.75, 3.05) is 0 Å². The van der Waals surface area contributed by atoms with Crippen LogP contribution in [0.3, 0.4) is 0 Å². The Labute approximate surface area is 448 Å². The highest BCUT2D eigenvalue weighted by molar-refractivity contribution is 7.85. The van der Waals surface area contributed by atoms with Gasteiger partial charge in [0.15, 0.2) is 14.3 Å². The third-order valence-corrected chi connectivity index (χ3v) is 20.4. The van der Waals surface area contributed by atoms with Crippen LogP contribution in [0.25, 0.3) is 76.9 Å². The number of furan rings is 1. The summed E-state index contributed by atoms with van der Waals surface area (Å²) >= 11 is 0. The van der Waals surface area contributed by atoms with Crippen molar-refractivity contribution in [2.24, 2.45) is 0 Å². The molecule has 0 spiro atoms. The zero-order valence-electron chi connectivity index (χ0n) is 42.4. The molecule has 14 rings (SSSR count). The minimum atomic E-state index is -3.17. The predicted molar refractivity (Wildman–Crippen MR) is 323 cm³/mol. The van der Waals surface area contributed by atoms with Gasteiger partial charge in [-0.15, -0.1) is 0 Å². The molecule has 0 radical (unpaired) electrons. The number of benzene rings is 11. The smallest absolute Gasteiger partial charge is 0.436 e. The average Bonchev–Trinajstić information content (AvgIpc) is 4.23. The lowest BCUT2D eigenvalue weighted by Gasteiger charge is -2.20. The van der Waals surface area contributed by atoms with Gasteiger partial charge < -0.3 is 27.0 Å². The third-order valence-electron chi connectivity index (χ3n) is 14.2. The molecule has 0 unspecified atom stereocenters. The summed E-state index contributed by atoms with van der Waals surface area (Å²) in [6.07, 6.45) is 0. The zero-order valence-corrected chi connectivity index (χ0v) is 44.1. The van der Waals surface area contributed by atoms with Crippen LogP contribution in [0.5, 0.6) is 0 Å². The molecule has 0 saturated carbocycles. The molecule has 14 aromatic rings. The van der Waals surface area contributed by atoms with Gasteiger partial charge in [-0.3, -0.25) is 4.57 Å². The van der Waals surface area contributed by atoms with Gasteiger partial charge in [0.25, 0.3) is 0 Å². The number of hydrogen-bond donors (Lipinski definition) is 0. The monoisotopic (exact) mass is 1060 g/mol. The van der Waals surface area contributed by atoms with Gasteiger partial charge in [-0.25, -0.2) is 0 Å². The Morgan fingerprint density at radius 3 is 0.935 bits per heavy atom. The second kappa shape index (κ2) is 21.2. The minimum Gasteiger partial charge on any atom is -0.456 e. The van der Waals surface area contributed by atoms with E-state index in [-0.39, 0.29) is 0 Å². The van der Waals surface area contributed by atoms with Crippen molar-refractivity contribution in [1.82, 2.24) is 9.13 Å². The summed E-state index contributed by atoms with van der Waals surface area (Å²) in [5, 5.41) is 11.4. The normalized spacial score (nSPS) is 11.9. The standard InChI is InChI=1S/C36H26O3P2.C30H20N2.BFHOP/c37-40(27-13-5-1-6-14-27,28-15-7-2-8-16-28)31-21-23-35-33(25-31)34-26-32(22-24-36(34)39-35)41(38,29-17-9-3-10-18-29)30-19-11-4-12-20-30;1-5-16-27-23(12-1)24-13-2-6-17-28(24)31(27)21-10-9-11-22(20-21)32-29-18-7-3-14-25(29)26-15-4-8-19-30(26)32;2-1-4-3/h1-26H;1-20H;1H/i;;1D. The summed E-state index contributed by atoms with van der Waals surface area (Å²) < 4.78 is 66.7. The van der Waals surface area contributed by atoms with Crippen LogP contribution in [0, 0.1) is 0 Å². The fourth-order valence-electron chi connectivity index (χ4n) is 10.8. The van der Waals surface area contributed by atoms with Gasteiger partial charge in [0, 0.05) is 76.9 Å². The van der Waals surface area contributed by atoms with Crippen molar-refractivity contribution < 1.29 is 22.4 Å². The van der Waals surface area contributed by atoms with E-state index in [1.54, 1.807) is 0 Å². The number of para-hydroxylation sites is 4. The molecule has 11 aromatic carbocycles. The maximum atomic E-state index is 15.0. The van der Waals surface area contributed by atoms with Crippen molar-refractivity contribution in [3.63, 3.8) is 0 Å². The van der Waals surface area contributed by atoms with Crippen molar-refractivity contribution in [3.05, 3.63) is 279 Å². The van der Waals surface area contributed by atoms with E-state index in [1.165, 1.54) is 55.0 Å². The number of fused-ring (bicyclic) bond motifs is 9. The Hall–Kier alpha value is -8.63. The van der Waals surface area contributed by atoms with E-state index < -0.39 is 29.9 Å². The first-order valence-electron chi connectivity index (χ1n) is 25.7.